The summed E-state index contributed by atoms with van der Waals surface area (Å²) in [6.07, 6.45) is 2.03. The van der Waals surface area contributed by atoms with Crippen LogP contribution in [-0.2, 0) is 5.41 Å². The molecule has 0 radical (unpaired) electrons. The van der Waals surface area contributed by atoms with E-state index in [1.54, 1.807) is 0 Å². The number of hydrogen-bond donors (Lipinski definition) is 0. The van der Waals surface area contributed by atoms with E-state index >= 15 is 0 Å². The molecule has 0 saturated carbocycles. The molecule has 0 unspecified atom stereocenters. The van der Waals surface area contributed by atoms with Crippen molar-refractivity contribution in [2.24, 2.45) is 0 Å². The number of benzene rings is 4. The molecule has 6 rings (SSSR count). The molecule has 5 aromatic rings. The molecule has 138 valence electrons. The summed E-state index contributed by atoms with van der Waals surface area (Å²) < 4.78 is 0. The van der Waals surface area contributed by atoms with Crippen molar-refractivity contribution in [1.82, 2.24) is 9.97 Å². The Morgan fingerprint density at radius 1 is 0.655 bits per heavy atom. The predicted molar refractivity (Wildman–Crippen MR) is 120 cm³/mol. The van der Waals surface area contributed by atoms with E-state index in [0.717, 1.165) is 22.6 Å². The summed E-state index contributed by atoms with van der Waals surface area (Å²) in [4.78, 5) is 9.85. The first-order valence-electron chi connectivity index (χ1n) is 10.0. The van der Waals surface area contributed by atoms with Crippen LogP contribution in [0.2, 0.25) is 0 Å². The average molecular weight is 372 g/mol. The summed E-state index contributed by atoms with van der Waals surface area (Å²) in [7, 11) is 0. The van der Waals surface area contributed by atoms with Gasteiger partial charge in [0.15, 0.2) is 5.82 Å². The molecule has 0 bridgehead atoms. The van der Waals surface area contributed by atoms with E-state index in [4.69, 9.17) is 9.97 Å². The molecular weight excluding hydrogens is 352 g/mol. The minimum atomic E-state index is -0.194. The lowest BCUT2D eigenvalue weighted by atomic mass is 9.81. The van der Waals surface area contributed by atoms with E-state index in [-0.39, 0.29) is 5.41 Å². The number of aromatic nitrogens is 2. The maximum absolute atomic E-state index is 5.09. The Morgan fingerprint density at radius 2 is 1.24 bits per heavy atom. The first-order chi connectivity index (χ1) is 14.2. The summed E-state index contributed by atoms with van der Waals surface area (Å²) in [5, 5.41) is 5.19. The highest BCUT2D eigenvalue weighted by Gasteiger charge is 2.40. The lowest BCUT2D eigenvalue weighted by molar-refractivity contribution is 0.641. The third-order valence-electron chi connectivity index (χ3n) is 6.24. The van der Waals surface area contributed by atoms with Gasteiger partial charge in [-0.1, -0.05) is 92.7 Å². The SMILES string of the molecule is CC1(C)c2nc(-c3ccccc3)ncc2-c2c1c1ccccc1c1ccccc21. The lowest BCUT2D eigenvalue weighted by Gasteiger charge is -2.23. The fourth-order valence-electron chi connectivity index (χ4n) is 4.96. The molecule has 0 amide bonds. The minimum Gasteiger partial charge on any atom is -0.236 e. The maximum Gasteiger partial charge on any atom is 0.159 e. The van der Waals surface area contributed by atoms with Crippen molar-refractivity contribution < 1.29 is 0 Å². The van der Waals surface area contributed by atoms with Crippen molar-refractivity contribution in [1.29, 1.82) is 0 Å². The number of hydrogen-bond acceptors (Lipinski definition) is 2. The first-order valence-corrected chi connectivity index (χ1v) is 10.0. The van der Waals surface area contributed by atoms with Crippen molar-refractivity contribution in [2.45, 2.75) is 19.3 Å². The number of nitrogens with zero attached hydrogens (tertiary/aromatic N) is 2. The zero-order valence-electron chi connectivity index (χ0n) is 16.5. The molecule has 29 heavy (non-hydrogen) atoms. The Hall–Kier alpha value is -3.52. The van der Waals surface area contributed by atoms with Gasteiger partial charge in [-0.25, -0.2) is 9.97 Å². The van der Waals surface area contributed by atoms with Gasteiger partial charge in [0.2, 0.25) is 0 Å². The van der Waals surface area contributed by atoms with E-state index in [9.17, 15) is 0 Å². The van der Waals surface area contributed by atoms with Crippen molar-refractivity contribution in [3.63, 3.8) is 0 Å². The van der Waals surface area contributed by atoms with Gasteiger partial charge >= 0.3 is 0 Å². The molecule has 2 heteroatoms. The monoisotopic (exact) mass is 372 g/mol. The molecule has 1 heterocycles. The highest BCUT2D eigenvalue weighted by molar-refractivity contribution is 6.18. The summed E-state index contributed by atoms with van der Waals surface area (Å²) in [5.41, 5.74) is 5.78. The van der Waals surface area contributed by atoms with Gasteiger partial charge in [0, 0.05) is 22.7 Å². The van der Waals surface area contributed by atoms with Gasteiger partial charge in [-0.15, -0.1) is 0 Å². The molecule has 1 aliphatic rings. The Morgan fingerprint density at radius 3 is 1.97 bits per heavy atom. The Bertz CT molecular complexity index is 1420. The molecule has 0 fully saturated rings. The zero-order chi connectivity index (χ0) is 19.6. The van der Waals surface area contributed by atoms with Crippen LogP contribution in [0.4, 0.5) is 0 Å². The molecule has 2 nitrogen and oxygen atoms in total. The molecule has 1 aromatic heterocycles. The fraction of sp³-hybridized carbons (Fsp3) is 0.111. The highest BCUT2D eigenvalue weighted by atomic mass is 14.9. The van der Waals surface area contributed by atoms with E-state index in [1.165, 1.54) is 32.7 Å². The van der Waals surface area contributed by atoms with Crippen LogP contribution in [0.15, 0.2) is 85.1 Å². The summed E-state index contributed by atoms with van der Waals surface area (Å²) in [6.45, 7) is 4.58. The summed E-state index contributed by atoms with van der Waals surface area (Å²) >= 11 is 0. The fourth-order valence-corrected chi connectivity index (χ4v) is 4.96. The van der Waals surface area contributed by atoms with Gasteiger partial charge < -0.3 is 0 Å². The van der Waals surface area contributed by atoms with Gasteiger partial charge in [-0.05, 0) is 32.7 Å². The number of fused-ring (bicyclic) bond motifs is 8. The molecule has 4 aromatic carbocycles. The Kier molecular flexibility index (Phi) is 3.25. The average Bonchev–Trinajstić information content (AvgIpc) is 3.02. The van der Waals surface area contributed by atoms with Crippen molar-refractivity contribution in [3.05, 3.63) is 96.3 Å². The molecule has 0 aliphatic heterocycles. The molecule has 0 atom stereocenters. The third-order valence-corrected chi connectivity index (χ3v) is 6.24. The van der Waals surface area contributed by atoms with Gasteiger partial charge in [-0.2, -0.15) is 0 Å². The van der Waals surface area contributed by atoms with Gasteiger partial charge in [0.1, 0.15) is 0 Å². The van der Waals surface area contributed by atoms with Gasteiger partial charge in [-0.3, -0.25) is 0 Å². The van der Waals surface area contributed by atoms with Crippen LogP contribution < -0.4 is 0 Å². The Labute approximate surface area is 169 Å². The van der Waals surface area contributed by atoms with Crippen LogP contribution in [0, 0.1) is 0 Å². The summed E-state index contributed by atoms with van der Waals surface area (Å²) in [5.74, 6) is 0.791. The van der Waals surface area contributed by atoms with Crippen LogP contribution in [-0.4, -0.2) is 9.97 Å². The van der Waals surface area contributed by atoms with Gasteiger partial charge in [0.25, 0.3) is 0 Å². The highest BCUT2D eigenvalue weighted by Crippen LogP contribution is 2.53. The third kappa shape index (κ3) is 2.17. The lowest BCUT2D eigenvalue weighted by Crippen LogP contribution is -2.18. The number of rotatable bonds is 1. The topological polar surface area (TPSA) is 25.8 Å². The van der Waals surface area contributed by atoms with Crippen molar-refractivity contribution in [3.8, 4) is 22.5 Å². The van der Waals surface area contributed by atoms with Crippen LogP contribution in [0.1, 0.15) is 25.1 Å². The van der Waals surface area contributed by atoms with Crippen LogP contribution in [0.5, 0.6) is 0 Å². The molecule has 0 spiro atoms. The van der Waals surface area contributed by atoms with E-state index in [2.05, 4.69) is 74.5 Å². The van der Waals surface area contributed by atoms with Crippen LogP contribution in [0.25, 0.3) is 44.1 Å². The second kappa shape index (κ2) is 5.74. The zero-order valence-corrected chi connectivity index (χ0v) is 16.5. The smallest absolute Gasteiger partial charge is 0.159 e. The Balaban J connectivity index is 1.75. The predicted octanol–water partition coefficient (Wildman–Crippen LogP) is 6.76. The maximum atomic E-state index is 5.09. The normalized spacial score (nSPS) is 14.1. The largest absolute Gasteiger partial charge is 0.236 e. The molecule has 0 N–H and O–H groups in total. The quantitative estimate of drug-likeness (QED) is 0.304. The first kappa shape index (κ1) is 16.4. The molecular formula is C27H20N2. The van der Waals surface area contributed by atoms with Crippen molar-refractivity contribution >= 4 is 21.5 Å². The molecule has 0 saturated heterocycles. The van der Waals surface area contributed by atoms with Crippen LogP contribution in [0.3, 0.4) is 0 Å². The second-order valence-electron chi connectivity index (χ2n) is 8.29. The molecule has 1 aliphatic carbocycles. The van der Waals surface area contributed by atoms with Crippen molar-refractivity contribution in [2.75, 3.05) is 0 Å². The second-order valence-corrected chi connectivity index (χ2v) is 8.29. The standard InChI is InChI=1S/C27H20N2/c1-27(2)24-21-15-9-7-13-19(21)18-12-6-8-14-20(18)23(24)22-16-28-26(29-25(22)27)17-10-4-3-5-11-17/h3-16H,1-2H3. The van der Waals surface area contributed by atoms with Gasteiger partial charge in [0.05, 0.1) is 5.69 Å². The van der Waals surface area contributed by atoms with E-state index in [0.29, 0.717) is 0 Å². The minimum absolute atomic E-state index is 0.194. The van der Waals surface area contributed by atoms with E-state index in [1.807, 2.05) is 24.4 Å². The summed E-state index contributed by atoms with van der Waals surface area (Å²) in [6, 6.07) is 27.7. The van der Waals surface area contributed by atoms with Crippen LogP contribution >= 0.6 is 0 Å². The van der Waals surface area contributed by atoms with E-state index < -0.39 is 0 Å².